The molecule has 0 amide bonds. The Bertz CT molecular complexity index is 1600. The molecule has 0 saturated heterocycles. The molecule has 2 nitrogen and oxygen atoms in total. The molecular weight excluding hydrogens is 553 g/mol. The quantitative estimate of drug-likeness (QED) is 0.166. The summed E-state index contributed by atoms with van der Waals surface area (Å²) >= 11 is 2.05. The van der Waals surface area contributed by atoms with Gasteiger partial charge in [-0.15, -0.1) is 11.3 Å². The molecule has 1 aliphatic carbocycles. The summed E-state index contributed by atoms with van der Waals surface area (Å²) in [4.78, 5) is 6.71. The predicted octanol–water partition coefficient (Wildman–Crippen LogP) is 12.7. The highest BCUT2D eigenvalue weighted by molar-refractivity contribution is 7.19. The highest BCUT2D eigenvalue weighted by Crippen LogP contribution is 2.49. The van der Waals surface area contributed by atoms with Crippen molar-refractivity contribution in [2.45, 2.75) is 113 Å². The molecule has 0 saturated carbocycles. The van der Waals surface area contributed by atoms with E-state index in [0.29, 0.717) is 47.3 Å². The minimum absolute atomic E-state index is 0.411. The van der Waals surface area contributed by atoms with Gasteiger partial charge in [0.1, 0.15) is 5.82 Å². The largest absolute Gasteiger partial charge is 0.299 e. The van der Waals surface area contributed by atoms with E-state index in [1.165, 1.54) is 43.6 Å². The second kappa shape index (κ2) is 13.4. The zero-order valence-corrected chi connectivity index (χ0v) is 30.1. The van der Waals surface area contributed by atoms with Gasteiger partial charge in [0.25, 0.3) is 0 Å². The number of hydrogen-bond donors (Lipinski definition) is 0. The smallest absolute Gasteiger partial charge is 0.144 e. The third kappa shape index (κ3) is 6.11. The number of hydrogen-bond acceptors (Lipinski definition) is 2. The predicted molar refractivity (Wildman–Crippen MR) is 194 cm³/mol. The molecule has 5 rings (SSSR count). The minimum Gasteiger partial charge on any atom is -0.299 e. The zero-order chi connectivity index (χ0) is 31.9. The van der Waals surface area contributed by atoms with Crippen LogP contribution in [0.4, 0.5) is 0 Å². The van der Waals surface area contributed by atoms with Crippen LogP contribution in [0.2, 0.25) is 0 Å². The first-order valence-electron chi connectivity index (χ1n) is 17.3. The maximum atomic E-state index is 5.15. The lowest BCUT2D eigenvalue weighted by Crippen LogP contribution is -2.24. The monoisotopic (exact) mass is 608 g/mol. The van der Waals surface area contributed by atoms with Gasteiger partial charge in [0, 0.05) is 32.9 Å². The highest BCUT2D eigenvalue weighted by Gasteiger charge is 2.33. The molecule has 3 atom stereocenters. The Labute approximate surface area is 272 Å². The maximum Gasteiger partial charge on any atom is 0.144 e. The number of aromatic nitrogens is 2. The van der Waals surface area contributed by atoms with Gasteiger partial charge in [-0.3, -0.25) is 4.57 Å². The van der Waals surface area contributed by atoms with Crippen LogP contribution < -0.4 is 0 Å². The van der Waals surface area contributed by atoms with Gasteiger partial charge in [0.05, 0.1) is 5.69 Å². The van der Waals surface area contributed by atoms with Crippen LogP contribution in [0.25, 0.3) is 33.2 Å². The van der Waals surface area contributed by atoms with E-state index in [0.717, 1.165) is 25.1 Å². The number of nitrogens with zero attached hydrogens (tertiary/aromatic N) is 2. The van der Waals surface area contributed by atoms with Crippen LogP contribution in [-0.2, 0) is 6.42 Å². The first-order valence-corrected chi connectivity index (χ1v) is 18.2. The molecule has 0 N–H and O–H groups in total. The number of rotatable bonds is 11. The Morgan fingerprint density at radius 1 is 0.841 bits per heavy atom. The van der Waals surface area contributed by atoms with Gasteiger partial charge < -0.3 is 0 Å². The molecule has 236 valence electrons. The molecule has 0 spiro atoms. The van der Waals surface area contributed by atoms with E-state index in [1.807, 2.05) is 6.20 Å². The van der Waals surface area contributed by atoms with E-state index >= 15 is 0 Å². The van der Waals surface area contributed by atoms with Crippen LogP contribution >= 0.6 is 11.3 Å². The van der Waals surface area contributed by atoms with Crippen LogP contribution in [0.3, 0.4) is 0 Å². The van der Waals surface area contributed by atoms with Crippen LogP contribution in [0.1, 0.15) is 134 Å². The van der Waals surface area contributed by atoms with Gasteiger partial charge >= 0.3 is 0 Å². The lowest BCUT2D eigenvalue weighted by molar-refractivity contribution is 0.247. The van der Waals surface area contributed by atoms with Crippen molar-refractivity contribution in [3.05, 3.63) is 75.9 Å². The molecule has 4 aromatic rings. The Morgan fingerprint density at radius 3 is 2.20 bits per heavy atom. The number of imidazole rings is 1. The number of aryl methyl sites for hydroxylation is 1. The van der Waals surface area contributed by atoms with Crippen LogP contribution in [-0.4, -0.2) is 9.55 Å². The first kappa shape index (κ1) is 32.7. The normalized spacial score (nSPS) is 15.7. The zero-order valence-electron chi connectivity index (χ0n) is 29.2. The van der Waals surface area contributed by atoms with E-state index in [4.69, 9.17) is 4.98 Å². The summed E-state index contributed by atoms with van der Waals surface area (Å²) in [5, 5.41) is 1.49. The third-order valence-electron chi connectivity index (χ3n) is 10.5. The highest BCUT2D eigenvalue weighted by atomic mass is 32.1. The molecule has 0 radical (unpaired) electrons. The van der Waals surface area contributed by atoms with E-state index in [1.54, 1.807) is 4.88 Å². The molecule has 2 heterocycles. The molecule has 2 aromatic heterocycles. The molecular formula is C41H56N2S. The summed E-state index contributed by atoms with van der Waals surface area (Å²) < 4.78 is 3.97. The Kier molecular flexibility index (Phi) is 9.95. The van der Waals surface area contributed by atoms with E-state index in [2.05, 4.69) is 141 Å². The minimum atomic E-state index is 0.411. The fourth-order valence-electron chi connectivity index (χ4n) is 8.34. The van der Waals surface area contributed by atoms with Crippen LogP contribution in [0, 0.1) is 29.6 Å². The number of allylic oxidation sites excluding steroid dienone is 1. The van der Waals surface area contributed by atoms with E-state index < -0.39 is 0 Å². The summed E-state index contributed by atoms with van der Waals surface area (Å²) in [7, 11) is 0. The third-order valence-corrected chi connectivity index (χ3v) is 11.7. The fraction of sp³-hybridized carbons (Fsp3) is 0.537. The Hall–Kier alpha value is -2.65. The summed E-state index contributed by atoms with van der Waals surface area (Å²) in [6.45, 7) is 26.5. The second-order valence-electron chi connectivity index (χ2n) is 15.1. The van der Waals surface area contributed by atoms with Crippen molar-refractivity contribution < 1.29 is 0 Å². The molecule has 0 fully saturated rings. The molecule has 2 aromatic carbocycles. The lowest BCUT2D eigenvalue weighted by atomic mass is 9.72. The van der Waals surface area contributed by atoms with Crippen molar-refractivity contribution in [2.75, 3.05) is 0 Å². The summed E-state index contributed by atoms with van der Waals surface area (Å²) in [6.07, 6.45) is 12.6. The summed E-state index contributed by atoms with van der Waals surface area (Å²) in [6, 6.07) is 11.6. The van der Waals surface area contributed by atoms with E-state index in [9.17, 15) is 0 Å². The average molecular weight is 609 g/mol. The lowest BCUT2D eigenvalue weighted by Gasteiger charge is -2.34. The van der Waals surface area contributed by atoms with Gasteiger partial charge in [-0.25, -0.2) is 4.98 Å². The maximum absolute atomic E-state index is 5.15. The van der Waals surface area contributed by atoms with Crippen LogP contribution in [0.5, 0.6) is 0 Å². The molecule has 1 aliphatic rings. The molecule has 0 aliphatic heterocycles. The van der Waals surface area contributed by atoms with E-state index in [-0.39, 0.29) is 0 Å². The van der Waals surface area contributed by atoms with Gasteiger partial charge in [0.2, 0.25) is 0 Å². The number of benzene rings is 2. The number of thiophene rings is 1. The molecule has 44 heavy (non-hydrogen) atoms. The SMILES string of the molecule is CC(C)CC(C)c1c(-n2ccnc2-c2ccccc2C(C)C(C)C)c(C(C)C(C(C)C)C(C)C)cc2sc3c(c12)C=CCC3. The van der Waals surface area contributed by atoms with Crippen molar-refractivity contribution in [1.29, 1.82) is 0 Å². The van der Waals surface area contributed by atoms with Gasteiger partial charge in [-0.1, -0.05) is 113 Å². The van der Waals surface area contributed by atoms with Gasteiger partial charge in [-0.2, -0.15) is 0 Å². The Morgan fingerprint density at radius 2 is 1.55 bits per heavy atom. The standard InChI is InChI=1S/C41H56N2S/c1-24(2)22-28(9)38-39-33-18-14-15-19-35(33)44-36(39)23-34(30(11)37(26(5)6)27(7)8)40(38)43-21-20-42-41(43)32-17-13-12-16-31(32)29(10)25(3)4/h12-14,16-18,20-21,23-30,37H,15,19,22H2,1-11H3. The molecule has 3 unspecified atom stereocenters. The van der Waals surface area contributed by atoms with Crippen molar-refractivity contribution in [3.63, 3.8) is 0 Å². The van der Waals surface area contributed by atoms with Crippen molar-refractivity contribution in [2.24, 2.45) is 29.6 Å². The molecule has 0 bridgehead atoms. The first-order chi connectivity index (χ1) is 20.9. The molecule has 3 heteroatoms. The number of fused-ring (bicyclic) bond motifs is 3. The average Bonchev–Trinajstić information content (AvgIpc) is 3.59. The second-order valence-corrected chi connectivity index (χ2v) is 16.2. The van der Waals surface area contributed by atoms with Crippen molar-refractivity contribution in [1.82, 2.24) is 9.55 Å². The fourth-order valence-corrected chi connectivity index (χ4v) is 9.62. The van der Waals surface area contributed by atoms with Crippen molar-refractivity contribution in [3.8, 4) is 17.1 Å². The summed E-state index contributed by atoms with van der Waals surface area (Å²) in [5.41, 5.74) is 8.54. The Balaban J connectivity index is 1.90. The topological polar surface area (TPSA) is 17.8 Å². The summed E-state index contributed by atoms with van der Waals surface area (Å²) in [5.74, 6) is 5.29. The van der Waals surface area contributed by atoms with Crippen molar-refractivity contribution >= 4 is 27.5 Å². The van der Waals surface area contributed by atoms with Gasteiger partial charge in [-0.05, 0) is 94.9 Å². The van der Waals surface area contributed by atoms with Crippen LogP contribution in [0.15, 0.2) is 48.8 Å². The van der Waals surface area contributed by atoms with Gasteiger partial charge in [0.15, 0.2) is 0 Å².